The maximum Gasteiger partial charge on any atom is 0.148 e. The van der Waals surface area contributed by atoms with Gasteiger partial charge in [-0.1, -0.05) is 13.8 Å². The summed E-state index contributed by atoms with van der Waals surface area (Å²) < 4.78 is 5.57. The molecule has 1 aromatic carbocycles. The molecule has 2 aromatic rings. The molecule has 102 valence electrons. The lowest BCUT2D eigenvalue weighted by Gasteiger charge is -2.04. The van der Waals surface area contributed by atoms with Gasteiger partial charge in [-0.05, 0) is 42.7 Å². The van der Waals surface area contributed by atoms with Crippen LogP contribution >= 0.6 is 0 Å². The van der Waals surface area contributed by atoms with E-state index in [0.717, 1.165) is 48.8 Å². The van der Waals surface area contributed by atoms with Gasteiger partial charge in [-0.3, -0.25) is 5.10 Å². The van der Waals surface area contributed by atoms with Crippen LogP contribution in [0, 0.1) is 0 Å². The van der Waals surface area contributed by atoms with E-state index < -0.39 is 0 Å². The molecule has 2 N–H and O–H groups in total. The molecular formula is C15H21N3O. The first-order valence-electron chi connectivity index (χ1n) is 6.86. The molecule has 0 spiro atoms. The first kappa shape index (κ1) is 13.5. The highest BCUT2D eigenvalue weighted by Crippen LogP contribution is 2.22. The fraction of sp³-hybridized carbons (Fsp3) is 0.400. The molecule has 1 heterocycles. The van der Waals surface area contributed by atoms with E-state index in [4.69, 9.17) is 4.74 Å². The molecule has 0 saturated heterocycles. The molecule has 0 aliphatic carbocycles. The monoisotopic (exact) mass is 259 g/mol. The van der Waals surface area contributed by atoms with Crippen LogP contribution in [0.3, 0.4) is 0 Å². The summed E-state index contributed by atoms with van der Waals surface area (Å²) in [5, 5.41) is 10.5. The average Bonchev–Trinajstić information content (AvgIpc) is 2.92. The van der Waals surface area contributed by atoms with Gasteiger partial charge in [0.25, 0.3) is 0 Å². The normalized spacial score (nSPS) is 10.4. The van der Waals surface area contributed by atoms with Gasteiger partial charge in [0.05, 0.1) is 12.3 Å². The summed E-state index contributed by atoms with van der Waals surface area (Å²) in [5.74, 6) is 1.80. The number of anilines is 1. The zero-order valence-corrected chi connectivity index (χ0v) is 11.6. The van der Waals surface area contributed by atoms with Gasteiger partial charge in [0.2, 0.25) is 0 Å². The summed E-state index contributed by atoms with van der Waals surface area (Å²) in [6.45, 7) is 5.93. The highest BCUT2D eigenvalue weighted by atomic mass is 16.5. The first-order chi connectivity index (χ1) is 9.33. The van der Waals surface area contributed by atoms with Crippen molar-refractivity contribution < 1.29 is 4.74 Å². The molecule has 0 aliphatic rings. The summed E-state index contributed by atoms with van der Waals surface area (Å²) in [6, 6.07) is 10.1. The number of hydrogen-bond donors (Lipinski definition) is 2. The van der Waals surface area contributed by atoms with Crippen molar-refractivity contribution in [1.82, 2.24) is 10.2 Å². The van der Waals surface area contributed by atoms with Gasteiger partial charge >= 0.3 is 0 Å². The third-order valence-corrected chi connectivity index (χ3v) is 2.77. The number of rotatable bonds is 7. The number of aromatic nitrogens is 2. The second-order valence-corrected chi connectivity index (χ2v) is 4.47. The van der Waals surface area contributed by atoms with Crippen molar-refractivity contribution in [2.45, 2.75) is 26.7 Å². The van der Waals surface area contributed by atoms with Crippen LogP contribution in [-0.4, -0.2) is 23.3 Å². The van der Waals surface area contributed by atoms with Crippen molar-refractivity contribution in [2.75, 3.05) is 18.5 Å². The molecule has 2 rings (SSSR count). The quantitative estimate of drug-likeness (QED) is 0.797. The third-order valence-electron chi connectivity index (χ3n) is 2.77. The molecule has 0 unspecified atom stereocenters. The van der Waals surface area contributed by atoms with Crippen molar-refractivity contribution in [3.63, 3.8) is 0 Å². The Balaban J connectivity index is 2.02. The Morgan fingerprint density at radius 3 is 2.63 bits per heavy atom. The Kier molecular flexibility index (Phi) is 4.84. The molecule has 0 radical (unpaired) electrons. The summed E-state index contributed by atoms with van der Waals surface area (Å²) in [5.41, 5.74) is 2.13. The number of hydrogen-bond acceptors (Lipinski definition) is 3. The Labute approximate surface area is 114 Å². The average molecular weight is 259 g/mol. The van der Waals surface area contributed by atoms with Gasteiger partial charge in [0.1, 0.15) is 11.6 Å². The van der Waals surface area contributed by atoms with Crippen LogP contribution in [-0.2, 0) is 0 Å². The van der Waals surface area contributed by atoms with Crippen LogP contribution in [0.2, 0.25) is 0 Å². The summed E-state index contributed by atoms with van der Waals surface area (Å²) in [4.78, 5) is 0. The minimum absolute atomic E-state index is 0.758. The Bertz CT molecular complexity index is 490. The lowest BCUT2D eigenvalue weighted by molar-refractivity contribution is 0.317. The zero-order chi connectivity index (χ0) is 13.5. The van der Waals surface area contributed by atoms with E-state index in [1.54, 1.807) is 0 Å². The molecular weight excluding hydrogens is 238 g/mol. The van der Waals surface area contributed by atoms with Crippen molar-refractivity contribution in [3.8, 4) is 17.0 Å². The number of H-pyrrole nitrogens is 1. The van der Waals surface area contributed by atoms with Crippen molar-refractivity contribution >= 4 is 5.82 Å². The summed E-state index contributed by atoms with van der Waals surface area (Å²) >= 11 is 0. The van der Waals surface area contributed by atoms with Gasteiger partial charge in [-0.2, -0.15) is 5.10 Å². The maximum atomic E-state index is 5.57. The van der Waals surface area contributed by atoms with Crippen molar-refractivity contribution in [2.24, 2.45) is 0 Å². The van der Waals surface area contributed by atoms with E-state index in [9.17, 15) is 0 Å². The number of benzene rings is 1. The summed E-state index contributed by atoms with van der Waals surface area (Å²) in [7, 11) is 0. The van der Waals surface area contributed by atoms with Crippen LogP contribution < -0.4 is 10.1 Å². The van der Waals surface area contributed by atoms with Gasteiger partial charge in [0.15, 0.2) is 0 Å². The van der Waals surface area contributed by atoms with Gasteiger partial charge in [0, 0.05) is 12.6 Å². The van der Waals surface area contributed by atoms with E-state index in [1.165, 1.54) is 0 Å². The highest BCUT2D eigenvalue weighted by molar-refractivity contribution is 5.63. The van der Waals surface area contributed by atoms with Crippen LogP contribution in [0.1, 0.15) is 26.7 Å². The predicted molar refractivity (Wildman–Crippen MR) is 78.6 cm³/mol. The molecule has 0 fully saturated rings. The van der Waals surface area contributed by atoms with E-state index in [1.807, 2.05) is 30.3 Å². The van der Waals surface area contributed by atoms with Gasteiger partial charge in [-0.25, -0.2) is 0 Å². The largest absolute Gasteiger partial charge is 0.494 e. The molecule has 4 nitrogen and oxygen atoms in total. The minimum atomic E-state index is 0.758. The standard InChI is InChI=1S/C15H21N3O/c1-3-9-16-15-11-14(17-18-15)12-5-7-13(8-6-12)19-10-4-2/h5-8,11H,3-4,9-10H2,1-2H3,(H2,16,17,18). The molecule has 0 amide bonds. The molecule has 4 heteroatoms. The second-order valence-electron chi connectivity index (χ2n) is 4.47. The summed E-state index contributed by atoms with van der Waals surface area (Å²) in [6.07, 6.45) is 2.11. The Morgan fingerprint density at radius 2 is 1.95 bits per heavy atom. The number of ether oxygens (including phenoxy) is 1. The molecule has 0 saturated carbocycles. The van der Waals surface area contributed by atoms with Crippen molar-refractivity contribution in [1.29, 1.82) is 0 Å². The predicted octanol–water partition coefficient (Wildman–Crippen LogP) is 3.69. The van der Waals surface area contributed by atoms with Gasteiger partial charge < -0.3 is 10.1 Å². The van der Waals surface area contributed by atoms with E-state index >= 15 is 0 Å². The minimum Gasteiger partial charge on any atom is -0.494 e. The highest BCUT2D eigenvalue weighted by Gasteiger charge is 2.03. The van der Waals surface area contributed by atoms with Crippen LogP contribution in [0.4, 0.5) is 5.82 Å². The smallest absolute Gasteiger partial charge is 0.148 e. The molecule has 0 atom stereocenters. The molecule has 19 heavy (non-hydrogen) atoms. The second kappa shape index (κ2) is 6.83. The van der Waals surface area contributed by atoms with Crippen molar-refractivity contribution in [3.05, 3.63) is 30.3 Å². The fourth-order valence-electron chi connectivity index (χ4n) is 1.76. The zero-order valence-electron chi connectivity index (χ0n) is 11.6. The Hall–Kier alpha value is -1.97. The molecule has 1 aromatic heterocycles. The van der Waals surface area contributed by atoms with Crippen LogP contribution in [0.25, 0.3) is 11.3 Å². The molecule has 0 bridgehead atoms. The van der Waals surface area contributed by atoms with E-state index in [2.05, 4.69) is 29.4 Å². The third kappa shape index (κ3) is 3.74. The van der Waals surface area contributed by atoms with Crippen LogP contribution in [0.5, 0.6) is 5.75 Å². The SMILES string of the molecule is CCCNc1cc(-c2ccc(OCCC)cc2)[nH]n1. The topological polar surface area (TPSA) is 49.9 Å². The van der Waals surface area contributed by atoms with E-state index in [0.29, 0.717) is 0 Å². The Morgan fingerprint density at radius 1 is 1.16 bits per heavy atom. The van der Waals surface area contributed by atoms with Gasteiger partial charge in [-0.15, -0.1) is 0 Å². The first-order valence-corrected chi connectivity index (χ1v) is 6.86. The number of nitrogens with one attached hydrogen (secondary N) is 2. The number of aromatic amines is 1. The lowest BCUT2D eigenvalue weighted by atomic mass is 10.1. The molecule has 0 aliphatic heterocycles. The fourth-order valence-corrected chi connectivity index (χ4v) is 1.76. The number of nitrogens with zero attached hydrogens (tertiary/aromatic N) is 1. The van der Waals surface area contributed by atoms with E-state index in [-0.39, 0.29) is 0 Å². The van der Waals surface area contributed by atoms with Crippen LogP contribution in [0.15, 0.2) is 30.3 Å². The maximum absolute atomic E-state index is 5.57. The lowest BCUT2D eigenvalue weighted by Crippen LogP contribution is -1.99.